The van der Waals surface area contributed by atoms with Gasteiger partial charge in [-0.1, -0.05) is 200 Å². The Kier molecular flexibility index (Phi) is 41.6. The molecule has 10 aliphatic carbocycles. The molecule has 0 bridgehead atoms. The van der Waals surface area contributed by atoms with Crippen molar-refractivity contribution in [2.24, 2.45) is 59.6 Å². The summed E-state index contributed by atoms with van der Waals surface area (Å²) in [4.78, 5) is 0. The summed E-state index contributed by atoms with van der Waals surface area (Å²) in [6.45, 7) is 30.3. The predicted molar refractivity (Wildman–Crippen MR) is 435 cm³/mol. The van der Waals surface area contributed by atoms with Gasteiger partial charge in [-0.3, -0.25) is 0 Å². The van der Waals surface area contributed by atoms with Gasteiger partial charge in [0.15, 0.2) is 17.4 Å². The number of aliphatic hydroxyl groups excluding tert-OH is 4. The van der Waals surface area contributed by atoms with Crippen LogP contribution in [0.1, 0.15) is 222 Å². The van der Waals surface area contributed by atoms with E-state index in [1.807, 2.05) is 36.5 Å². The first-order valence-corrected chi connectivity index (χ1v) is 40.5. The molecule has 2 saturated carbocycles. The van der Waals surface area contributed by atoms with Crippen molar-refractivity contribution in [3.05, 3.63) is 109 Å². The van der Waals surface area contributed by atoms with Crippen molar-refractivity contribution in [2.45, 2.75) is 262 Å². The van der Waals surface area contributed by atoms with E-state index < -0.39 is 18.5 Å². The zero-order valence-electron chi connectivity index (χ0n) is 69.5. The first-order valence-electron chi connectivity index (χ1n) is 39.4. The molecule has 8 saturated heterocycles. The molecule has 0 aromatic rings. The molecule has 18 nitrogen and oxygen atoms in total. The Bertz CT molecular complexity index is 2550. The molecule has 9 spiro atoms. The normalized spacial score (nSPS) is 32.2. The van der Waals surface area contributed by atoms with Gasteiger partial charge in [-0.25, -0.2) is 0 Å². The number of aliphatic hydroxyl groups is 4. The Hall–Kier alpha value is -0.753. The maximum Gasteiger partial charge on any atom is 1.00 e. The van der Waals surface area contributed by atoms with Gasteiger partial charge in [0.2, 0.25) is 0 Å². The Labute approximate surface area is 711 Å². The second kappa shape index (κ2) is 45.0. The van der Waals surface area contributed by atoms with E-state index in [0.29, 0.717) is 132 Å². The van der Waals surface area contributed by atoms with Crippen molar-refractivity contribution in [3.8, 4) is 0 Å². The van der Waals surface area contributed by atoms with E-state index in [1.165, 1.54) is 32.1 Å². The van der Waals surface area contributed by atoms with Crippen LogP contribution in [0.5, 0.6) is 0 Å². The third-order valence-electron chi connectivity index (χ3n) is 22.9. The van der Waals surface area contributed by atoms with E-state index >= 15 is 0 Å². The first kappa shape index (κ1) is 102. The average Bonchev–Trinajstić information content (AvgIpc) is 1.55. The number of rotatable bonds is 6. The molecule has 0 radical (unpaired) electrons. The SMILES string of the molecule is C.C.C1=CCC2(C1)COC1(OC2)OCC2(CC=CC2)CO1.C1=CCC2(C1)COC1(OC2)OCC2(CC=CC2)CO1.C1OC2(OCC13CC1OC1C3)OCC1(CO2)CC2OC2C1.CC(C)(C)C.CC1(C)CC=CC1.CC1(C)CC=CC1.CCC.ClC/C=C\CCl.OCC1(CO)CC=CC1.OCC1(CO)CC=CC1.[AlH3].[H-].[H-].[Li+].[Li+]. The summed E-state index contributed by atoms with van der Waals surface area (Å²) in [5, 5.41) is 35.3. The maximum absolute atomic E-state index is 8.82. The second-order valence-corrected chi connectivity index (χ2v) is 37.3. The van der Waals surface area contributed by atoms with Crippen LogP contribution in [0.25, 0.3) is 0 Å². The molecule has 23 heteroatoms. The average molecular weight is 1590 g/mol. The monoisotopic (exact) mass is 1590 g/mol. The minimum Gasteiger partial charge on any atom is -1.00 e. The molecule has 4 unspecified atom stereocenters. The van der Waals surface area contributed by atoms with Crippen molar-refractivity contribution >= 4 is 40.6 Å². The predicted octanol–water partition coefficient (Wildman–Crippen LogP) is 10.7. The molecule has 0 amide bonds. The van der Waals surface area contributed by atoms with Crippen molar-refractivity contribution in [1.82, 2.24) is 0 Å². The fourth-order valence-electron chi connectivity index (χ4n) is 15.3. The minimum absolute atomic E-state index is 0. The van der Waals surface area contributed by atoms with Crippen LogP contribution in [0.3, 0.4) is 0 Å². The number of fused-ring (bicyclic) bond motifs is 2. The van der Waals surface area contributed by atoms with Crippen LogP contribution < -0.4 is 37.7 Å². The minimum atomic E-state index is -1.25. The number of halogens is 2. The van der Waals surface area contributed by atoms with Crippen molar-refractivity contribution < 1.29 is 127 Å². The molecule has 0 aromatic heterocycles. The molecule has 18 aliphatic rings. The zero-order chi connectivity index (χ0) is 75.5. The standard InChI is InChI=1S/C15H20O6.2C15H20O4.2C7H12O2.2C7H12.C5H12.C4H6Cl2.C3H8.2CH4.Al.2Li.5H/c1-9-10(20-9)2-13(1)5-16-15(17-6-13)18-7-14(8-19-15)3-11-12(4-14)21-11;2*1-2-6-13(5-1)9-16-15(17-10-13)18-11-14(12-19-15)7-3-4-8-14;2*8-5-7(6-9)3-1-2-4-7;2*1-7(2)5-3-4-6-7;1-5(2,3)4;5-3-1-2-4-6;1-3-2;;;;;;;;;;/h9-12H,1-8H2;2*1-4H,5-12H2;2*1-2,8-9H,3-6H2;2*3-4H,5-6H2,1-2H3;1-4H3;1-2H,3-4H2;3H2,1-2H3;2*1H4;;;;;;;;/q;;;;;;;;;;;;;2*+1;;;;2*-1/b;;;;;;;;2-1-;;;;;;;;;;;. The molecule has 110 heavy (non-hydrogen) atoms. The van der Waals surface area contributed by atoms with Gasteiger partial charge < -0.3 is 89.6 Å². The van der Waals surface area contributed by atoms with E-state index in [4.69, 9.17) is 110 Å². The van der Waals surface area contributed by atoms with Crippen LogP contribution in [0, 0.1) is 59.6 Å². The Morgan fingerprint density at radius 2 is 0.482 bits per heavy atom. The molecule has 0 aromatic carbocycles. The Balaban J connectivity index is 0.000000441. The van der Waals surface area contributed by atoms with Gasteiger partial charge in [-0.05, 0) is 145 Å². The zero-order valence-corrected chi connectivity index (χ0v) is 69.1. The molecular weight excluding hydrogens is 1440 g/mol. The molecule has 18 rings (SSSR count). The number of allylic oxidation sites excluding steroid dienone is 18. The van der Waals surface area contributed by atoms with Crippen molar-refractivity contribution in [2.75, 3.05) is 117 Å². The van der Waals surface area contributed by atoms with E-state index in [2.05, 4.69) is 142 Å². The van der Waals surface area contributed by atoms with Crippen molar-refractivity contribution in [3.63, 3.8) is 0 Å². The number of hydrogen-bond acceptors (Lipinski definition) is 18. The number of hydrogen-bond donors (Lipinski definition) is 4. The summed E-state index contributed by atoms with van der Waals surface area (Å²) < 4.78 is 81.2. The van der Waals surface area contributed by atoms with Gasteiger partial charge in [0.1, 0.15) is 0 Å². The van der Waals surface area contributed by atoms with Crippen LogP contribution in [0.15, 0.2) is 109 Å². The summed E-state index contributed by atoms with van der Waals surface area (Å²) in [6.07, 6.45) is 58.3. The number of alkyl halides is 2. The van der Waals surface area contributed by atoms with Gasteiger partial charge in [0.25, 0.3) is 0 Å². The largest absolute Gasteiger partial charge is 1.00 e. The molecule has 8 heterocycles. The summed E-state index contributed by atoms with van der Waals surface area (Å²) in [5.74, 6) is 1.12. The van der Waals surface area contributed by atoms with Crippen LogP contribution in [0.4, 0.5) is 0 Å². The van der Waals surface area contributed by atoms with Gasteiger partial charge in [0.05, 0.1) is 130 Å². The smallest absolute Gasteiger partial charge is 1.00 e. The summed E-state index contributed by atoms with van der Waals surface area (Å²) in [6, 6.07) is 0. The first-order chi connectivity index (χ1) is 50.1. The van der Waals surface area contributed by atoms with E-state index in [0.717, 1.165) is 103 Å². The Morgan fingerprint density at radius 1 is 0.327 bits per heavy atom. The van der Waals surface area contributed by atoms with E-state index in [1.54, 1.807) is 0 Å². The molecule has 4 atom stereocenters. The van der Waals surface area contributed by atoms with Gasteiger partial charge >= 0.3 is 56.2 Å². The van der Waals surface area contributed by atoms with Crippen LogP contribution in [-0.2, 0) is 66.3 Å². The van der Waals surface area contributed by atoms with Gasteiger partial charge in [-0.15, -0.1) is 23.2 Å². The number of ether oxygens (including phenoxy) is 14. The molecule has 10 fully saturated rings. The summed E-state index contributed by atoms with van der Waals surface area (Å²) >= 11 is 10.5. The maximum atomic E-state index is 8.82. The third kappa shape index (κ3) is 29.6. The van der Waals surface area contributed by atoms with E-state index in [-0.39, 0.29) is 143 Å². The molecule has 4 N–H and O–H groups in total. The summed E-state index contributed by atoms with van der Waals surface area (Å²) in [5.41, 5.74) is 1.90. The quantitative estimate of drug-likeness (QED) is 0.0841. The topological polar surface area (TPSA) is 217 Å². The molecule has 8 aliphatic heterocycles. The summed E-state index contributed by atoms with van der Waals surface area (Å²) in [7, 11) is 0. The fraction of sp³-hybridized carbons (Fsp3) is 0.793. The third-order valence-corrected chi connectivity index (χ3v) is 23.2. The van der Waals surface area contributed by atoms with Crippen LogP contribution >= 0.6 is 23.2 Å². The molecule has 622 valence electrons. The van der Waals surface area contributed by atoms with Gasteiger partial charge in [-0.2, -0.15) is 0 Å². The molecular formula is C87H147AlCl2Li2O18. The second-order valence-electron chi connectivity index (χ2n) is 36.7. The fourth-order valence-corrected chi connectivity index (χ4v) is 15.5. The van der Waals surface area contributed by atoms with Crippen LogP contribution in [-0.4, -0.2) is 198 Å². The van der Waals surface area contributed by atoms with Crippen molar-refractivity contribution in [1.29, 1.82) is 0 Å². The number of epoxide rings is 2. The van der Waals surface area contributed by atoms with Gasteiger partial charge in [0, 0.05) is 55.1 Å². The van der Waals surface area contributed by atoms with Crippen LogP contribution in [0.2, 0.25) is 0 Å². The Morgan fingerprint density at radius 3 is 0.618 bits per heavy atom. The van der Waals surface area contributed by atoms with E-state index in [9.17, 15) is 0 Å².